The number of hydrogen-bond acceptors (Lipinski definition) is 3. The van der Waals surface area contributed by atoms with E-state index in [0.29, 0.717) is 38.2 Å². The summed E-state index contributed by atoms with van der Waals surface area (Å²) in [7, 11) is 1.63. The van der Waals surface area contributed by atoms with Crippen LogP contribution in [-0.4, -0.2) is 41.1 Å². The van der Waals surface area contributed by atoms with Gasteiger partial charge >= 0.3 is 0 Å². The largest absolute Gasteiger partial charge is 0.497 e. The highest BCUT2D eigenvalue weighted by Crippen LogP contribution is 2.28. The number of ether oxygens (including phenoxy) is 1. The van der Waals surface area contributed by atoms with E-state index in [1.165, 1.54) is 6.07 Å². The molecule has 3 aromatic rings. The zero-order valence-electron chi connectivity index (χ0n) is 15.8. The van der Waals surface area contributed by atoms with E-state index in [1.807, 2.05) is 30.5 Å². The van der Waals surface area contributed by atoms with Crippen LogP contribution in [0.2, 0.25) is 0 Å². The second-order valence-corrected chi connectivity index (χ2v) is 7.08. The molecule has 1 aliphatic rings. The second-order valence-electron chi connectivity index (χ2n) is 7.08. The summed E-state index contributed by atoms with van der Waals surface area (Å²) in [4.78, 5) is 2.23. The summed E-state index contributed by atoms with van der Waals surface area (Å²) >= 11 is 0. The molecule has 0 spiro atoms. The lowest BCUT2D eigenvalue weighted by Gasteiger charge is -2.28. The van der Waals surface area contributed by atoms with Gasteiger partial charge in [0.25, 0.3) is 0 Å². The van der Waals surface area contributed by atoms with Crippen LogP contribution in [-0.2, 0) is 6.54 Å². The van der Waals surface area contributed by atoms with Gasteiger partial charge in [0.15, 0.2) is 0 Å². The van der Waals surface area contributed by atoms with Gasteiger partial charge in [0.05, 0.1) is 12.8 Å². The summed E-state index contributed by atoms with van der Waals surface area (Å²) in [5, 5.41) is 4.68. The Balaban J connectivity index is 1.70. The van der Waals surface area contributed by atoms with Gasteiger partial charge in [-0.15, -0.1) is 0 Å². The molecule has 6 heteroatoms. The third-order valence-electron chi connectivity index (χ3n) is 5.16. The Morgan fingerprint density at radius 3 is 2.46 bits per heavy atom. The first-order valence-electron chi connectivity index (χ1n) is 9.48. The van der Waals surface area contributed by atoms with Gasteiger partial charge in [-0.2, -0.15) is 5.10 Å². The van der Waals surface area contributed by atoms with Crippen LogP contribution >= 0.6 is 0 Å². The normalized spacial score (nSPS) is 15.7. The first-order valence-corrected chi connectivity index (χ1v) is 9.48. The Bertz CT molecular complexity index is 931. The van der Waals surface area contributed by atoms with Crippen LogP contribution in [0.25, 0.3) is 16.9 Å². The summed E-state index contributed by atoms with van der Waals surface area (Å²) in [6, 6.07) is 14.3. The molecule has 0 aliphatic carbocycles. The molecule has 0 N–H and O–H groups in total. The molecular weight excluding hydrogens is 360 g/mol. The maximum atomic E-state index is 14.3. The predicted molar refractivity (Wildman–Crippen MR) is 105 cm³/mol. The molecule has 0 bridgehead atoms. The van der Waals surface area contributed by atoms with Gasteiger partial charge in [0, 0.05) is 37.0 Å². The van der Waals surface area contributed by atoms with Crippen LogP contribution < -0.4 is 4.74 Å². The van der Waals surface area contributed by atoms with E-state index in [-0.39, 0.29) is 5.82 Å². The van der Waals surface area contributed by atoms with Gasteiger partial charge in [-0.1, -0.05) is 12.1 Å². The number of methoxy groups -OCH3 is 1. The number of rotatable bonds is 5. The Labute approximate surface area is 163 Å². The molecule has 4 nitrogen and oxygen atoms in total. The molecule has 0 radical (unpaired) electrons. The molecule has 1 aliphatic heterocycles. The lowest BCUT2D eigenvalue weighted by molar-refractivity contribution is 0.145. The predicted octanol–water partition coefficient (Wildman–Crippen LogP) is 4.62. The molecule has 0 unspecified atom stereocenters. The Morgan fingerprint density at radius 2 is 1.79 bits per heavy atom. The van der Waals surface area contributed by atoms with Crippen LogP contribution in [0.3, 0.4) is 0 Å². The van der Waals surface area contributed by atoms with Crippen molar-refractivity contribution >= 4 is 0 Å². The van der Waals surface area contributed by atoms with Crippen LogP contribution in [0.5, 0.6) is 5.75 Å². The molecule has 0 atom stereocenters. The van der Waals surface area contributed by atoms with E-state index in [9.17, 15) is 8.78 Å². The molecule has 1 aromatic heterocycles. The van der Waals surface area contributed by atoms with Crippen LogP contribution in [0.1, 0.15) is 18.4 Å². The molecule has 0 amide bonds. The zero-order chi connectivity index (χ0) is 19.5. The lowest BCUT2D eigenvalue weighted by Crippen LogP contribution is -2.33. The van der Waals surface area contributed by atoms with Gasteiger partial charge in [-0.3, -0.25) is 4.90 Å². The molecule has 1 saturated heterocycles. The summed E-state index contributed by atoms with van der Waals surface area (Å²) in [6.45, 7) is 2.09. The molecular formula is C22H23F2N3O. The number of aromatic nitrogens is 2. The minimum atomic E-state index is -0.710. The van der Waals surface area contributed by atoms with Crippen molar-refractivity contribution < 1.29 is 13.5 Å². The topological polar surface area (TPSA) is 30.3 Å². The SMILES string of the molecule is COc1ccc(-c2nn(-c3ccccc3F)cc2CN2CCC(F)CC2)cc1. The number of piperidine rings is 1. The molecule has 1 fully saturated rings. The fraction of sp³-hybridized carbons (Fsp3) is 0.318. The number of halogens is 2. The van der Waals surface area contributed by atoms with Crippen molar-refractivity contribution in [1.29, 1.82) is 0 Å². The quantitative estimate of drug-likeness (QED) is 0.644. The van der Waals surface area contributed by atoms with Crippen LogP contribution in [0, 0.1) is 5.82 Å². The van der Waals surface area contributed by atoms with Gasteiger partial charge in [0.2, 0.25) is 0 Å². The van der Waals surface area contributed by atoms with Gasteiger partial charge in [-0.05, 0) is 49.2 Å². The highest BCUT2D eigenvalue weighted by Gasteiger charge is 2.21. The van der Waals surface area contributed by atoms with Gasteiger partial charge in [0.1, 0.15) is 23.4 Å². The van der Waals surface area contributed by atoms with Crippen LogP contribution in [0.15, 0.2) is 54.7 Å². The number of hydrogen-bond donors (Lipinski definition) is 0. The fourth-order valence-electron chi connectivity index (χ4n) is 3.58. The first-order chi connectivity index (χ1) is 13.6. The maximum Gasteiger partial charge on any atom is 0.148 e. The third kappa shape index (κ3) is 3.92. The van der Waals surface area contributed by atoms with Gasteiger partial charge < -0.3 is 4.74 Å². The van der Waals surface area contributed by atoms with Crippen molar-refractivity contribution in [2.45, 2.75) is 25.6 Å². The zero-order valence-corrected chi connectivity index (χ0v) is 15.8. The van der Waals surface area contributed by atoms with Crippen molar-refractivity contribution in [3.63, 3.8) is 0 Å². The van der Waals surface area contributed by atoms with Gasteiger partial charge in [-0.25, -0.2) is 13.5 Å². The lowest BCUT2D eigenvalue weighted by atomic mass is 10.1. The van der Waals surface area contributed by atoms with Crippen LogP contribution in [0.4, 0.5) is 8.78 Å². The first kappa shape index (κ1) is 18.6. The summed E-state index contributed by atoms with van der Waals surface area (Å²) in [6.07, 6.45) is 2.27. The van der Waals surface area contributed by atoms with Crippen molar-refractivity contribution in [1.82, 2.24) is 14.7 Å². The molecule has 28 heavy (non-hydrogen) atoms. The smallest absolute Gasteiger partial charge is 0.148 e. The Morgan fingerprint density at radius 1 is 1.07 bits per heavy atom. The fourth-order valence-corrected chi connectivity index (χ4v) is 3.58. The molecule has 0 saturated carbocycles. The average Bonchev–Trinajstić information content (AvgIpc) is 3.13. The Kier molecular flexibility index (Phi) is 5.39. The summed E-state index contributed by atoms with van der Waals surface area (Å²) in [5.74, 6) is 0.444. The number of nitrogens with zero attached hydrogens (tertiary/aromatic N) is 3. The summed E-state index contributed by atoms with van der Waals surface area (Å²) in [5.41, 5.74) is 3.14. The molecule has 2 heterocycles. The third-order valence-corrected chi connectivity index (χ3v) is 5.16. The van der Waals surface area contributed by atoms with Crippen molar-refractivity contribution in [2.75, 3.05) is 20.2 Å². The van der Waals surface area contributed by atoms with Crippen molar-refractivity contribution in [3.8, 4) is 22.7 Å². The van der Waals surface area contributed by atoms with E-state index >= 15 is 0 Å². The number of benzene rings is 2. The highest BCUT2D eigenvalue weighted by atomic mass is 19.1. The van der Waals surface area contributed by atoms with Crippen molar-refractivity contribution in [2.24, 2.45) is 0 Å². The minimum Gasteiger partial charge on any atom is -0.497 e. The van der Waals surface area contributed by atoms with Crippen molar-refractivity contribution in [3.05, 3.63) is 66.1 Å². The average molecular weight is 383 g/mol. The van der Waals surface area contributed by atoms with E-state index in [4.69, 9.17) is 4.74 Å². The monoisotopic (exact) mass is 383 g/mol. The summed E-state index contributed by atoms with van der Waals surface area (Å²) < 4.78 is 34.6. The molecule has 146 valence electrons. The maximum absolute atomic E-state index is 14.3. The number of likely N-dealkylation sites (tertiary alicyclic amines) is 1. The molecule has 4 rings (SSSR count). The van der Waals surface area contributed by atoms with E-state index in [2.05, 4.69) is 10.00 Å². The number of alkyl halides is 1. The Hall–Kier alpha value is -2.73. The standard InChI is InChI=1S/C22H23F2N3O/c1-28-19-8-6-16(7-9-19)22-17(14-26-12-10-18(23)11-13-26)15-27(25-22)21-5-3-2-4-20(21)24/h2-9,15,18H,10-14H2,1H3. The molecule has 2 aromatic carbocycles. The number of para-hydroxylation sites is 1. The highest BCUT2D eigenvalue weighted by molar-refractivity contribution is 5.64. The van der Waals surface area contributed by atoms with E-state index in [1.54, 1.807) is 30.0 Å². The van der Waals surface area contributed by atoms with E-state index in [0.717, 1.165) is 22.6 Å². The minimum absolute atomic E-state index is 0.323. The van der Waals surface area contributed by atoms with E-state index < -0.39 is 6.17 Å². The second kappa shape index (κ2) is 8.10.